The summed E-state index contributed by atoms with van der Waals surface area (Å²) in [6, 6.07) is 11.3. The normalized spacial score (nSPS) is 16.8. The molecule has 0 aliphatic carbocycles. The molecule has 10 nitrogen and oxygen atoms in total. The second kappa shape index (κ2) is 11.9. The van der Waals surface area contributed by atoms with Gasteiger partial charge >= 0.3 is 0 Å². The zero-order valence-electron chi connectivity index (χ0n) is 20.4. The highest BCUT2D eigenvalue weighted by Crippen LogP contribution is 2.35. The maximum absolute atomic E-state index is 12.9. The SMILES string of the molecule is CCOc1cc(/C=C2\SC(=O)N(CC(=O)N3CCCCC3)C2=O)ccc1OCc1cccc([N+](=O)[O-])c1. The molecule has 2 heterocycles. The number of nitro benzene ring substituents is 1. The fourth-order valence-corrected chi connectivity index (χ4v) is 4.93. The van der Waals surface area contributed by atoms with Crippen molar-refractivity contribution in [3.63, 3.8) is 0 Å². The van der Waals surface area contributed by atoms with Gasteiger partial charge in [0.2, 0.25) is 5.91 Å². The number of piperidine rings is 1. The first-order chi connectivity index (χ1) is 17.9. The molecule has 37 heavy (non-hydrogen) atoms. The molecule has 0 saturated carbocycles. The van der Waals surface area contributed by atoms with Crippen molar-refractivity contribution < 1.29 is 28.8 Å². The van der Waals surface area contributed by atoms with Gasteiger partial charge in [0, 0.05) is 25.2 Å². The van der Waals surface area contributed by atoms with Crippen molar-refractivity contribution >= 4 is 40.6 Å². The van der Waals surface area contributed by atoms with E-state index in [1.807, 2.05) is 6.92 Å². The molecule has 0 unspecified atom stereocenters. The van der Waals surface area contributed by atoms with Gasteiger partial charge in [-0.3, -0.25) is 29.4 Å². The lowest BCUT2D eigenvalue weighted by Gasteiger charge is -2.27. The number of nitrogens with zero attached hydrogens (tertiary/aromatic N) is 3. The van der Waals surface area contributed by atoms with Gasteiger partial charge in [-0.05, 0) is 67.3 Å². The number of non-ortho nitro benzene ring substituents is 1. The highest BCUT2D eigenvalue weighted by Gasteiger charge is 2.37. The first kappa shape index (κ1) is 26.2. The van der Waals surface area contributed by atoms with Crippen LogP contribution in [0.3, 0.4) is 0 Å². The number of benzene rings is 2. The van der Waals surface area contributed by atoms with Gasteiger partial charge in [0.15, 0.2) is 11.5 Å². The Kier molecular flexibility index (Phi) is 8.44. The van der Waals surface area contributed by atoms with E-state index in [9.17, 15) is 24.5 Å². The third-order valence-electron chi connectivity index (χ3n) is 5.96. The first-order valence-electron chi connectivity index (χ1n) is 12.0. The van der Waals surface area contributed by atoms with Gasteiger partial charge in [0.25, 0.3) is 16.8 Å². The van der Waals surface area contributed by atoms with Crippen LogP contribution in [0.1, 0.15) is 37.3 Å². The molecule has 2 aromatic carbocycles. The van der Waals surface area contributed by atoms with Crippen molar-refractivity contribution in [3.05, 3.63) is 68.6 Å². The Balaban J connectivity index is 1.46. The van der Waals surface area contributed by atoms with Crippen molar-refractivity contribution in [1.29, 1.82) is 0 Å². The van der Waals surface area contributed by atoms with E-state index >= 15 is 0 Å². The number of imide groups is 1. The van der Waals surface area contributed by atoms with Crippen LogP contribution in [0.25, 0.3) is 6.08 Å². The highest BCUT2D eigenvalue weighted by atomic mass is 32.2. The standard InChI is InChI=1S/C26H27N3O7S/c1-2-35-22-14-18(9-10-21(22)36-17-19-7-6-8-20(13-19)29(33)34)15-23-25(31)28(26(32)37-23)16-24(30)27-11-4-3-5-12-27/h6-10,13-15H,2-5,11-12,16-17H2,1H3/b23-15-. The summed E-state index contributed by atoms with van der Waals surface area (Å²) in [7, 11) is 0. The van der Waals surface area contributed by atoms with Crippen molar-refractivity contribution in [2.45, 2.75) is 32.8 Å². The summed E-state index contributed by atoms with van der Waals surface area (Å²) in [5.74, 6) is 0.156. The topological polar surface area (TPSA) is 119 Å². The second-order valence-electron chi connectivity index (χ2n) is 8.56. The number of carbonyl (C=O) groups excluding carboxylic acids is 3. The smallest absolute Gasteiger partial charge is 0.294 e. The number of ether oxygens (including phenoxy) is 2. The lowest BCUT2D eigenvalue weighted by molar-refractivity contribution is -0.384. The first-order valence-corrected chi connectivity index (χ1v) is 12.8. The minimum atomic E-state index is -0.496. The molecule has 11 heteroatoms. The Labute approximate surface area is 218 Å². The number of likely N-dealkylation sites (tertiary alicyclic amines) is 1. The maximum atomic E-state index is 12.9. The molecule has 2 aliphatic heterocycles. The van der Waals surface area contributed by atoms with Crippen LogP contribution in [0.4, 0.5) is 10.5 Å². The van der Waals surface area contributed by atoms with Crippen LogP contribution >= 0.6 is 11.8 Å². The van der Waals surface area contributed by atoms with Crippen molar-refractivity contribution in [1.82, 2.24) is 9.80 Å². The molecular weight excluding hydrogens is 498 g/mol. The lowest BCUT2D eigenvalue weighted by atomic mass is 10.1. The molecule has 194 valence electrons. The molecule has 0 atom stereocenters. The molecule has 4 rings (SSSR count). The van der Waals surface area contributed by atoms with E-state index in [2.05, 4.69) is 0 Å². The van der Waals surface area contributed by atoms with E-state index in [-0.39, 0.29) is 29.7 Å². The Morgan fingerprint density at radius 1 is 1.08 bits per heavy atom. The van der Waals surface area contributed by atoms with Gasteiger partial charge in [0.1, 0.15) is 13.2 Å². The Morgan fingerprint density at radius 3 is 2.59 bits per heavy atom. The van der Waals surface area contributed by atoms with Crippen molar-refractivity contribution in [2.24, 2.45) is 0 Å². The quantitative estimate of drug-likeness (QED) is 0.264. The zero-order chi connectivity index (χ0) is 26.4. The summed E-state index contributed by atoms with van der Waals surface area (Å²) < 4.78 is 11.5. The largest absolute Gasteiger partial charge is 0.490 e. The fourth-order valence-electron chi connectivity index (χ4n) is 4.09. The van der Waals surface area contributed by atoms with Crippen LogP contribution < -0.4 is 9.47 Å². The summed E-state index contributed by atoms with van der Waals surface area (Å²) in [6.07, 6.45) is 4.53. The van der Waals surface area contributed by atoms with Gasteiger partial charge in [0.05, 0.1) is 16.4 Å². The van der Waals surface area contributed by atoms with Crippen molar-refractivity contribution in [2.75, 3.05) is 26.2 Å². The maximum Gasteiger partial charge on any atom is 0.294 e. The molecule has 2 aromatic rings. The number of rotatable bonds is 9. The molecule has 3 amide bonds. The summed E-state index contributed by atoms with van der Waals surface area (Å²) >= 11 is 0.801. The number of nitro groups is 1. The van der Waals surface area contributed by atoms with Crippen LogP contribution in [0.2, 0.25) is 0 Å². The van der Waals surface area contributed by atoms with Crippen LogP contribution in [0.5, 0.6) is 11.5 Å². The van der Waals surface area contributed by atoms with Crippen LogP contribution in [0, 0.1) is 10.1 Å². The molecule has 0 radical (unpaired) electrons. The number of thioether (sulfide) groups is 1. The molecule has 0 N–H and O–H groups in total. The third kappa shape index (κ3) is 6.48. The summed E-state index contributed by atoms with van der Waals surface area (Å²) in [6.45, 7) is 3.34. The van der Waals surface area contributed by atoms with Crippen molar-refractivity contribution in [3.8, 4) is 11.5 Å². The average molecular weight is 526 g/mol. The summed E-state index contributed by atoms with van der Waals surface area (Å²) in [4.78, 5) is 51.4. The van der Waals surface area contributed by atoms with E-state index < -0.39 is 16.1 Å². The van der Waals surface area contributed by atoms with E-state index in [1.165, 1.54) is 12.1 Å². The van der Waals surface area contributed by atoms with Crippen LogP contribution in [-0.2, 0) is 16.2 Å². The highest BCUT2D eigenvalue weighted by molar-refractivity contribution is 8.18. The summed E-state index contributed by atoms with van der Waals surface area (Å²) in [5, 5.41) is 10.5. The Bertz CT molecular complexity index is 1240. The predicted molar refractivity (Wildman–Crippen MR) is 138 cm³/mol. The average Bonchev–Trinajstić information content (AvgIpc) is 3.16. The van der Waals surface area contributed by atoms with Gasteiger partial charge in [-0.1, -0.05) is 18.2 Å². The number of hydrogen-bond acceptors (Lipinski definition) is 8. The molecule has 0 aromatic heterocycles. The van der Waals surface area contributed by atoms with E-state index in [1.54, 1.807) is 41.3 Å². The molecule has 0 bridgehead atoms. The van der Waals surface area contributed by atoms with E-state index in [4.69, 9.17) is 9.47 Å². The van der Waals surface area contributed by atoms with Crippen LogP contribution in [0.15, 0.2) is 47.4 Å². The second-order valence-corrected chi connectivity index (χ2v) is 9.56. The van der Waals surface area contributed by atoms with Gasteiger partial charge < -0.3 is 14.4 Å². The fraction of sp³-hybridized carbons (Fsp3) is 0.346. The molecule has 2 fully saturated rings. The molecule has 2 saturated heterocycles. The minimum Gasteiger partial charge on any atom is -0.490 e. The van der Waals surface area contributed by atoms with E-state index in [0.717, 1.165) is 35.9 Å². The van der Waals surface area contributed by atoms with Crippen LogP contribution in [-0.4, -0.2) is 58.0 Å². The predicted octanol–water partition coefficient (Wildman–Crippen LogP) is 4.62. The summed E-state index contributed by atoms with van der Waals surface area (Å²) in [5.41, 5.74) is 1.24. The third-order valence-corrected chi connectivity index (χ3v) is 6.86. The lowest BCUT2D eigenvalue weighted by Crippen LogP contribution is -2.44. The Hall–Kier alpha value is -3.86. The molecule has 0 spiro atoms. The monoisotopic (exact) mass is 525 g/mol. The van der Waals surface area contributed by atoms with E-state index in [0.29, 0.717) is 42.3 Å². The Morgan fingerprint density at radius 2 is 1.86 bits per heavy atom. The number of hydrogen-bond donors (Lipinski definition) is 0. The molecular formula is C26H27N3O7S. The molecule has 2 aliphatic rings. The van der Waals surface area contributed by atoms with Gasteiger partial charge in [-0.2, -0.15) is 0 Å². The van der Waals surface area contributed by atoms with Gasteiger partial charge in [-0.15, -0.1) is 0 Å². The number of amides is 3. The number of carbonyl (C=O) groups is 3. The zero-order valence-corrected chi connectivity index (χ0v) is 21.2. The van der Waals surface area contributed by atoms with Gasteiger partial charge in [-0.25, -0.2) is 0 Å². The minimum absolute atomic E-state index is 0.0203.